The highest BCUT2D eigenvalue weighted by Gasteiger charge is 1.90. The smallest absolute Gasteiger partial charge is 0.0520 e. The molecule has 9 heavy (non-hydrogen) atoms. The van der Waals surface area contributed by atoms with Crippen LogP contribution in [0.2, 0.25) is 0 Å². The minimum absolute atomic E-state index is 0. The average molecular weight is 132 g/mol. The fraction of sp³-hybridized carbons (Fsp3) is 1.00. The van der Waals surface area contributed by atoms with Gasteiger partial charge in [0.15, 0.2) is 0 Å². The molecule has 0 aliphatic rings. The SMILES string of the molecule is C.CCCCCC(N)N. The predicted octanol–water partition coefficient (Wildman–Crippen LogP) is 1.45. The van der Waals surface area contributed by atoms with E-state index in [0.717, 1.165) is 6.42 Å². The Morgan fingerprint density at radius 3 is 2.11 bits per heavy atom. The van der Waals surface area contributed by atoms with Crippen molar-refractivity contribution in [2.75, 3.05) is 0 Å². The van der Waals surface area contributed by atoms with E-state index < -0.39 is 0 Å². The second kappa shape index (κ2) is 7.92. The Morgan fingerprint density at radius 1 is 1.22 bits per heavy atom. The molecule has 0 aromatic carbocycles. The molecular weight excluding hydrogens is 112 g/mol. The predicted molar refractivity (Wildman–Crippen MR) is 43.0 cm³/mol. The van der Waals surface area contributed by atoms with Crippen LogP contribution in [0.4, 0.5) is 0 Å². The first-order valence-electron chi connectivity index (χ1n) is 3.28. The van der Waals surface area contributed by atoms with Crippen molar-refractivity contribution < 1.29 is 0 Å². The zero-order valence-electron chi connectivity index (χ0n) is 5.56. The van der Waals surface area contributed by atoms with Crippen molar-refractivity contribution >= 4 is 0 Å². The number of nitrogens with two attached hydrogens (primary N) is 2. The Bertz CT molecular complexity index is 44.2. The van der Waals surface area contributed by atoms with Gasteiger partial charge >= 0.3 is 0 Å². The summed E-state index contributed by atoms with van der Waals surface area (Å²) in [4.78, 5) is 0. The van der Waals surface area contributed by atoms with E-state index >= 15 is 0 Å². The first kappa shape index (κ1) is 11.7. The van der Waals surface area contributed by atoms with Crippen LogP contribution in [0.3, 0.4) is 0 Å². The molecule has 58 valence electrons. The number of hydrogen-bond acceptors (Lipinski definition) is 2. The minimum atomic E-state index is -0.0958. The molecule has 0 unspecified atom stereocenters. The quantitative estimate of drug-likeness (QED) is 0.449. The lowest BCUT2D eigenvalue weighted by atomic mass is 10.2. The lowest BCUT2D eigenvalue weighted by Gasteiger charge is -2.01. The summed E-state index contributed by atoms with van der Waals surface area (Å²) in [6, 6.07) is 0. The van der Waals surface area contributed by atoms with Crippen molar-refractivity contribution in [2.45, 2.75) is 46.2 Å². The van der Waals surface area contributed by atoms with Crippen LogP contribution in [-0.4, -0.2) is 6.17 Å². The van der Waals surface area contributed by atoms with E-state index in [4.69, 9.17) is 11.5 Å². The molecular formula is C7H20N2. The second-order valence-corrected chi connectivity index (χ2v) is 2.16. The van der Waals surface area contributed by atoms with Crippen LogP contribution < -0.4 is 11.5 Å². The van der Waals surface area contributed by atoms with Gasteiger partial charge in [0, 0.05) is 0 Å². The third-order valence-electron chi connectivity index (χ3n) is 1.14. The van der Waals surface area contributed by atoms with Crippen molar-refractivity contribution in [1.82, 2.24) is 0 Å². The number of hydrogen-bond donors (Lipinski definition) is 2. The molecule has 2 heteroatoms. The maximum absolute atomic E-state index is 5.31. The van der Waals surface area contributed by atoms with Gasteiger partial charge in [-0.15, -0.1) is 0 Å². The summed E-state index contributed by atoms with van der Waals surface area (Å²) in [5.41, 5.74) is 10.6. The van der Waals surface area contributed by atoms with Crippen molar-refractivity contribution in [3.63, 3.8) is 0 Å². The van der Waals surface area contributed by atoms with Crippen molar-refractivity contribution in [3.05, 3.63) is 0 Å². The fourth-order valence-corrected chi connectivity index (χ4v) is 0.630. The minimum Gasteiger partial charge on any atom is -0.316 e. The first-order chi connectivity index (χ1) is 3.77. The van der Waals surface area contributed by atoms with Gasteiger partial charge in [-0.2, -0.15) is 0 Å². The molecule has 0 amide bonds. The highest BCUT2D eigenvalue weighted by Crippen LogP contribution is 1.97. The van der Waals surface area contributed by atoms with Gasteiger partial charge in [0.05, 0.1) is 6.17 Å². The molecule has 2 nitrogen and oxygen atoms in total. The summed E-state index contributed by atoms with van der Waals surface area (Å²) in [6.07, 6.45) is 4.54. The largest absolute Gasteiger partial charge is 0.316 e. The lowest BCUT2D eigenvalue weighted by Crippen LogP contribution is -2.29. The van der Waals surface area contributed by atoms with Gasteiger partial charge in [0.25, 0.3) is 0 Å². The number of rotatable bonds is 4. The van der Waals surface area contributed by atoms with E-state index in [1.165, 1.54) is 19.3 Å². The van der Waals surface area contributed by atoms with Crippen LogP contribution in [0.15, 0.2) is 0 Å². The molecule has 0 heterocycles. The third-order valence-corrected chi connectivity index (χ3v) is 1.14. The highest BCUT2D eigenvalue weighted by molar-refractivity contribution is 4.49. The van der Waals surface area contributed by atoms with E-state index in [1.54, 1.807) is 0 Å². The van der Waals surface area contributed by atoms with E-state index in [0.29, 0.717) is 0 Å². The Morgan fingerprint density at radius 2 is 1.78 bits per heavy atom. The molecule has 0 rings (SSSR count). The summed E-state index contributed by atoms with van der Waals surface area (Å²) in [5.74, 6) is 0. The monoisotopic (exact) mass is 132 g/mol. The molecule has 0 aromatic heterocycles. The summed E-state index contributed by atoms with van der Waals surface area (Å²) in [5, 5.41) is 0. The van der Waals surface area contributed by atoms with Crippen LogP contribution in [0.5, 0.6) is 0 Å². The van der Waals surface area contributed by atoms with Crippen LogP contribution >= 0.6 is 0 Å². The van der Waals surface area contributed by atoms with Gasteiger partial charge in [0.1, 0.15) is 0 Å². The molecule has 0 aromatic rings. The fourth-order valence-electron chi connectivity index (χ4n) is 0.630. The Kier molecular flexibility index (Phi) is 10.3. The zero-order chi connectivity index (χ0) is 6.41. The molecule has 0 bridgehead atoms. The Labute approximate surface area is 58.6 Å². The second-order valence-electron chi connectivity index (χ2n) is 2.16. The molecule has 0 atom stereocenters. The van der Waals surface area contributed by atoms with Crippen molar-refractivity contribution in [2.24, 2.45) is 11.5 Å². The summed E-state index contributed by atoms with van der Waals surface area (Å²) < 4.78 is 0. The third kappa shape index (κ3) is 11.5. The van der Waals surface area contributed by atoms with Gasteiger partial charge in [-0.25, -0.2) is 0 Å². The van der Waals surface area contributed by atoms with E-state index in [2.05, 4.69) is 6.92 Å². The maximum Gasteiger partial charge on any atom is 0.0520 e. The van der Waals surface area contributed by atoms with Gasteiger partial charge in [-0.3, -0.25) is 0 Å². The van der Waals surface area contributed by atoms with Gasteiger partial charge < -0.3 is 11.5 Å². The van der Waals surface area contributed by atoms with Crippen LogP contribution in [-0.2, 0) is 0 Å². The molecule has 4 N–H and O–H groups in total. The topological polar surface area (TPSA) is 52.0 Å². The van der Waals surface area contributed by atoms with E-state index in [-0.39, 0.29) is 13.6 Å². The van der Waals surface area contributed by atoms with Crippen LogP contribution in [0.25, 0.3) is 0 Å². The normalized spacial score (nSPS) is 9.33. The van der Waals surface area contributed by atoms with Gasteiger partial charge in [-0.05, 0) is 6.42 Å². The van der Waals surface area contributed by atoms with Crippen LogP contribution in [0, 0.1) is 0 Å². The Hall–Kier alpha value is -0.0800. The standard InChI is InChI=1S/C6H16N2.CH4/c1-2-3-4-5-6(7)8;/h6H,2-5,7-8H2,1H3;1H4. The molecule has 0 fully saturated rings. The first-order valence-corrected chi connectivity index (χ1v) is 3.28. The van der Waals surface area contributed by atoms with E-state index in [9.17, 15) is 0 Å². The van der Waals surface area contributed by atoms with Gasteiger partial charge in [0.2, 0.25) is 0 Å². The highest BCUT2D eigenvalue weighted by atomic mass is 14.8. The van der Waals surface area contributed by atoms with Crippen LogP contribution in [0.1, 0.15) is 40.0 Å². The maximum atomic E-state index is 5.31. The molecule has 0 saturated heterocycles. The molecule has 0 radical (unpaired) electrons. The van der Waals surface area contributed by atoms with Gasteiger partial charge in [-0.1, -0.05) is 33.6 Å². The molecule has 0 aliphatic carbocycles. The molecule has 0 aliphatic heterocycles. The summed E-state index contributed by atoms with van der Waals surface area (Å²) in [6.45, 7) is 2.17. The summed E-state index contributed by atoms with van der Waals surface area (Å²) in [7, 11) is 0. The van der Waals surface area contributed by atoms with E-state index in [1.807, 2.05) is 0 Å². The molecule has 0 saturated carbocycles. The Balaban J connectivity index is 0. The van der Waals surface area contributed by atoms with Crippen molar-refractivity contribution in [3.8, 4) is 0 Å². The van der Waals surface area contributed by atoms with Crippen molar-refractivity contribution in [1.29, 1.82) is 0 Å². The molecule has 0 spiro atoms. The lowest BCUT2D eigenvalue weighted by molar-refractivity contribution is 0.575. The summed E-state index contributed by atoms with van der Waals surface area (Å²) >= 11 is 0. The number of unbranched alkanes of at least 4 members (excludes halogenated alkanes) is 2. The average Bonchev–Trinajstić information content (AvgIpc) is 1.66. The zero-order valence-corrected chi connectivity index (χ0v) is 5.56.